The van der Waals surface area contributed by atoms with Crippen molar-refractivity contribution in [2.24, 2.45) is 0 Å². The first-order valence-electron chi connectivity index (χ1n) is 3.76. The van der Waals surface area contributed by atoms with Crippen molar-refractivity contribution in [1.29, 1.82) is 0 Å². The second kappa shape index (κ2) is 4.19. The van der Waals surface area contributed by atoms with Gasteiger partial charge in [-0.2, -0.15) is 10.9 Å². The van der Waals surface area contributed by atoms with Gasteiger partial charge in [-0.3, -0.25) is 11.3 Å². The molecule has 2 rings (SSSR count). The van der Waals surface area contributed by atoms with Gasteiger partial charge < -0.3 is 4.74 Å². The van der Waals surface area contributed by atoms with Crippen molar-refractivity contribution in [2.75, 3.05) is 7.11 Å². The first-order chi connectivity index (χ1) is 5.81. The van der Waals surface area contributed by atoms with Crippen molar-refractivity contribution in [1.82, 2.24) is 0 Å². The Morgan fingerprint density at radius 2 is 2.15 bits per heavy atom. The second-order valence-electron chi connectivity index (χ2n) is 2.69. The fourth-order valence-corrected chi connectivity index (χ4v) is 2.04. The molecule has 1 nitrogen and oxygen atoms in total. The normalized spacial score (nSPS) is 9.69. The molecule has 0 saturated heterocycles. The Bertz CT molecular complexity index is 408. The fraction of sp³-hybridized carbons (Fsp3) is 0.200. The molecule has 0 radical (unpaired) electrons. The van der Waals surface area contributed by atoms with Gasteiger partial charge in [0.15, 0.2) is 0 Å². The monoisotopic (exact) mass is 184 g/mol. The average molecular weight is 184 g/mol. The summed E-state index contributed by atoms with van der Waals surface area (Å²) in [6, 6.07) is 6.10. The van der Waals surface area contributed by atoms with Gasteiger partial charge in [0.05, 0.1) is 7.11 Å². The van der Waals surface area contributed by atoms with Crippen molar-refractivity contribution in [3.05, 3.63) is 29.1 Å². The van der Waals surface area contributed by atoms with E-state index in [0.29, 0.717) is 0 Å². The van der Waals surface area contributed by atoms with Crippen LogP contribution < -0.4 is 23.6 Å². The summed E-state index contributed by atoms with van der Waals surface area (Å²) >= 11 is 1.65. The van der Waals surface area contributed by atoms with E-state index in [1.54, 1.807) is 18.4 Å². The largest absolute Gasteiger partial charge is 1.00 e. The van der Waals surface area contributed by atoms with Gasteiger partial charge >= 0.3 is 18.9 Å². The Morgan fingerprint density at radius 1 is 1.38 bits per heavy atom. The van der Waals surface area contributed by atoms with Gasteiger partial charge in [-0.1, -0.05) is 13.0 Å². The summed E-state index contributed by atoms with van der Waals surface area (Å²) in [4.78, 5) is 0. The molecule has 0 fully saturated rings. The zero-order valence-electron chi connectivity index (χ0n) is 8.05. The number of hydrogen-bond acceptors (Lipinski definition) is 2. The topological polar surface area (TPSA) is 9.23 Å². The maximum absolute atomic E-state index is 5.14. The summed E-state index contributed by atoms with van der Waals surface area (Å²) in [5, 5.41) is 4.46. The molecule has 3 heteroatoms. The number of methoxy groups -OCH3 is 1. The third kappa shape index (κ3) is 1.91. The Morgan fingerprint density at radius 3 is 2.85 bits per heavy atom. The van der Waals surface area contributed by atoms with Crippen LogP contribution in [0.2, 0.25) is 0 Å². The summed E-state index contributed by atoms with van der Waals surface area (Å²) in [5.74, 6) is 0.914. The number of rotatable bonds is 1. The van der Waals surface area contributed by atoms with Crippen LogP contribution in [0.5, 0.6) is 5.75 Å². The first kappa shape index (κ1) is 10.7. The second-order valence-corrected chi connectivity index (χ2v) is 3.54. The fourth-order valence-electron chi connectivity index (χ4n) is 1.20. The van der Waals surface area contributed by atoms with Crippen molar-refractivity contribution >= 4 is 21.4 Å². The van der Waals surface area contributed by atoms with Crippen LogP contribution in [0.3, 0.4) is 0 Å². The summed E-state index contributed by atoms with van der Waals surface area (Å²) in [5.41, 5.74) is 1.20. The Balaban J connectivity index is 0.000000845. The van der Waals surface area contributed by atoms with Gasteiger partial charge in [-0.15, -0.1) is 16.1 Å². The van der Waals surface area contributed by atoms with E-state index in [4.69, 9.17) is 4.74 Å². The number of hydrogen-bond donors (Lipinski definition) is 0. The predicted octanol–water partition coefficient (Wildman–Crippen LogP) is 0.0225. The Labute approximate surface area is 93.9 Å². The summed E-state index contributed by atoms with van der Waals surface area (Å²) < 4.78 is 6.41. The van der Waals surface area contributed by atoms with Crippen molar-refractivity contribution < 1.29 is 23.6 Å². The van der Waals surface area contributed by atoms with E-state index in [2.05, 4.69) is 24.4 Å². The predicted molar refractivity (Wildman–Crippen MR) is 52.0 cm³/mol. The van der Waals surface area contributed by atoms with Crippen LogP contribution >= 0.6 is 11.3 Å². The van der Waals surface area contributed by atoms with Gasteiger partial charge in [0.1, 0.15) is 5.75 Å². The molecule has 0 spiro atoms. The number of benzene rings is 1. The molecular weight excluding hydrogens is 175 g/mol. The molecule has 0 amide bonds. The molecule has 0 aliphatic heterocycles. The zero-order chi connectivity index (χ0) is 8.55. The molecule has 0 aliphatic rings. The molecule has 0 N–H and O–H groups in total. The third-order valence-electron chi connectivity index (χ3n) is 1.90. The quantitative estimate of drug-likeness (QED) is 0.448. The van der Waals surface area contributed by atoms with Crippen molar-refractivity contribution in [2.45, 2.75) is 6.92 Å². The van der Waals surface area contributed by atoms with E-state index < -0.39 is 0 Å². The van der Waals surface area contributed by atoms with Crippen molar-refractivity contribution in [3.63, 3.8) is 0 Å². The number of ether oxygens (including phenoxy) is 1. The summed E-state index contributed by atoms with van der Waals surface area (Å²) in [7, 11) is 1.69. The Kier molecular flexibility index (Phi) is 3.44. The van der Waals surface area contributed by atoms with E-state index in [9.17, 15) is 0 Å². The maximum Gasteiger partial charge on any atom is 1.00 e. The van der Waals surface area contributed by atoms with Crippen LogP contribution in [0, 0.1) is 12.3 Å². The minimum absolute atomic E-state index is 0. The van der Waals surface area contributed by atoms with Crippen molar-refractivity contribution in [3.8, 4) is 5.75 Å². The van der Waals surface area contributed by atoms with Gasteiger partial charge in [0.2, 0.25) is 0 Å². The van der Waals surface area contributed by atoms with E-state index in [-0.39, 0.29) is 18.9 Å². The smallest absolute Gasteiger partial charge is 0.498 e. The van der Waals surface area contributed by atoms with Crippen LogP contribution in [-0.4, -0.2) is 7.11 Å². The molecule has 0 saturated carbocycles. The SMILES string of the molecule is COc1ccc2s[c-]c(C)c2c1.[Li+]. The average Bonchev–Trinajstić information content (AvgIpc) is 2.47. The minimum atomic E-state index is 0. The molecule has 0 aliphatic carbocycles. The van der Waals surface area contributed by atoms with Crippen LogP contribution in [0.1, 0.15) is 5.56 Å². The van der Waals surface area contributed by atoms with E-state index >= 15 is 0 Å². The van der Waals surface area contributed by atoms with Crippen LogP contribution in [0.4, 0.5) is 0 Å². The molecular formula is C10H9LiOS. The zero-order valence-corrected chi connectivity index (χ0v) is 8.87. The molecule has 0 bridgehead atoms. The molecule has 1 aromatic carbocycles. The summed E-state index contributed by atoms with van der Waals surface area (Å²) in [6.45, 7) is 2.07. The van der Waals surface area contributed by atoms with Gasteiger partial charge in [0.25, 0.3) is 0 Å². The Hall–Kier alpha value is -0.423. The first-order valence-corrected chi connectivity index (χ1v) is 4.58. The maximum atomic E-state index is 5.14. The molecule has 0 atom stereocenters. The molecule has 62 valence electrons. The molecule has 0 unspecified atom stereocenters. The number of aryl methyl sites for hydroxylation is 1. The van der Waals surface area contributed by atoms with Gasteiger partial charge in [-0.05, 0) is 6.07 Å². The minimum Gasteiger partial charge on any atom is -0.498 e. The van der Waals surface area contributed by atoms with Crippen LogP contribution in [-0.2, 0) is 0 Å². The summed E-state index contributed by atoms with van der Waals surface area (Å²) in [6.07, 6.45) is 0. The van der Waals surface area contributed by atoms with Crippen LogP contribution in [0.25, 0.3) is 10.1 Å². The van der Waals surface area contributed by atoms with E-state index in [0.717, 1.165) is 5.75 Å². The van der Waals surface area contributed by atoms with Gasteiger partial charge in [0, 0.05) is 0 Å². The molecule has 1 aromatic heterocycles. The van der Waals surface area contributed by atoms with Gasteiger partial charge in [-0.25, -0.2) is 0 Å². The standard InChI is InChI=1S/C10H9OS.Li/c1-7-6-12-10-4-3-8(11-2)5-9(7)10;/h3-5H,1-2H3;/q-1;+1. The molecule has 2 aromatic rings. The van der Waals surface area contributed by atoms with E-state index in [1.165, 1.54) is 15.6 Å². The number of fused-ring (bicyclic) bond motifs is 1. The van der Waals surface area contributed by atoms with E-state index in [1.807, 2.05) is 6.07 Å². The number of thiophene rings is 1. The molecule has 13 heavy (non-hydrogen) atoms. The molecule has 1 heterocycles. The third-order valence-corrected chi connectivity index (χ3v) is 2.89. The van der Waals surface area contributed by atoms with Crippen LogP contribution in [0.15, 0.2) is 18.2 Å².